The average molecular weight is 547 g/mol. The van der Waals surface area contributed by atoms with E-state index in [9.17, 15) is 14.7 Å². The van der Waals surface area contributed by atoms with Gasteiger partial charge in [0.2, 0.25) is 0 Å². The summed E-state index contributed by atoms with van der Waals surface area (Å²) in [5.74, 6) is -1.04. The smallest absolute Gasteiger partial charge is 0.175 e. The van der Waals surface area contributed by atoms with Crippen molar-refractivity contribution in [3.05, 3.63) is 57.0 Å². The third-order valence-electron chi connectivity index (χ3n) is 4.88. The van der Waals surface area contributed by atoms with E-state index in [1.807, 2.05) is 6.08 Å². The van der Waals surface area contributed by atoms with Crippen LogP contribution in [0.25, 0.3) is 0 Å². The first kappa shape index (κ1) is 19.6. The molecule has 0 saturated carbocycles. The number of ether oxygens (including phenoxy) is 1. The number of methoxy groups -OCH3 is 1. The number of hydrogen-bond donors (Lipinski definition) is 1. The molecule has 3 atom stereocenters. The lowest BCUT2D eigenvalue weighted by Crippen LogP contribution is -2.52. The number of halogens is 3. The Balaban J connectivity index is 2.26. The van der Waals surface area contributed by atoms with Crippen molar-refractivity contribution in [1.82, 2.24) is 0 Å². The van der Waals surface area contributed by atoms with Crippen LogP contribution in [0.4, 0.5) is 0 Å². The van der Waals surface area contributed by atoms with E-state index < -0.39 is 16.2 Å². The second kappa shape index (κ2) is 7.09. The van der Waals surface area contributed by atoms with Gasteiger partial charge in [0.1, 0.15) is 4.32 Å². The SMILES string of the molecule is C=CC1=CC[C@H]2C(=O)C(Br)=CC(=O)[C@@]2(Br)[C@H]1c1cc(Br)c(O)c(OC)c1. The fourth-order valence-electron chi connectivity index (χ4n) is 3.61. The molecule has 0 aliphatic heterocycles. The molecule has 136 valence electrons. The maximum absolute atomic E-state index is 13.0. The van der Waals surface area contributed by atoms with Crippen molar-refractivity contribution in [3.63, 3.8) is 0 Å². The van der Waals surface area contributed by atoms with Crippen LogP contribution in [-0.4, -0.2) is 28.1 Å². The van der Waals surface area contributed by atoms with Gasteiger partial charge in [0.15, 0.2) is 23.1 Å². The third kappa shape index (κ3) is 2.84. The molecule has 0 bridgehead atoms. The Kier molecular flexibility index (Phi) is 5.34. The predicted octanol–water partition coefficient (Wildman–Crippen LogP) is 4.94. The van der Waals surface area contributed by atoms with Crippen LogP contribution in [0.2, 0.25) is 0 Å². The van der Waals surface area contributed by atoms with Gasteiger partial charge in [-0.25, -0.2) is 0 Å². The molecule has 1 N–H and O–H groups in total. The number of ketones is 2. The molecule has 4 nitrogen and oxygen atoms in total. The van der Waals surface area contributed by atoms with E-state index in [1.54, 1.807) is 18.2 Å². The van der Waals surface area contributed by atoms with E-state index in [2.05, 4.69) is 54.4 Å². The summed E-state index contributed by atoms with van der Waals surface area (Å²) in [4.78, 5) is 25.7. The van der Waals surface area contributed by atoms with Crippen molar-refractivity contribution in [2.75, 3.05) is 7.11 Å². The van der Waals surface area contributed by atoms with Crippen molar-refractivity contribution < 1.29 is 19.4 Å². The molecule has 0 spiro atoms. The molecule has 0 fully saturated rings. The lowest BCUT2D eigenvalue weighted by Gasteiger charge is -2.45. The quantitative estimate of drug-likeness (QED) is 0.545. The van der Waals surface area contributed by atoms with Crippen LogP contribution in [0.5, 0.6) is 11.5 Å². The third-order valence-corrected chi connectivity index (χ3v) is 7.50. The number of alkyl halides is 1. The molecule has 2 aliphatic rings. The van der Waals surface area contributed by atoms with Gasteiger partial charge in [0, 0.05) is 12.0 Å². The number of rotatable bonds is 3. The second-order valence-electron chi connectivity index (χ2n) is 6.17. The van der Waals surface area contributed by atoms with Gasteiger partial charge < -0.3 is 9.84 Å². The summed E-state index contributed by atoms with van der Waals surface area (Å²) in [6, 6.07) is 3.41. The molecule has 1 aromatic carbocycles. The normalized spacial score (nSPS) is 28.2. The van der Waals surface area contributed by atoms with Gasteiger partial charge in [-0.05, 0) is 61.5 Å². The summed E-state index contributed by atoms with van der Waals surface area (Å²) < 4.78 is 4.86. The zero-order valence-electron chi connectivity index (χ0n) is 13.8. The van der Waals surface area contributed by atoms with Crippen molar-refractivity contribution in [1.29, 1.82) is 0 Å². The Hall–Kier alpha value is -1.18. The highest BCUT2D eigenvalue weighted by molar-refractivity contribution is 9.12. The highest BCUT2D eigenvalue weighted by atomic mass is 79.9. The van der Waals surface area contributed by atoms with Crippen LogP contribution in [0.1, 0.15) is 17.9 Å². The van der Waals surface area contributed by atoms with Gasteiger partial charge in [0.05, 0.1) is 22.0 Å². The Morgan fingerprint density at radius 2 is 2.04 bits per heavy atom. The Morgan fingerprint density at radius 1 is 1.35 bits per heavy atom. The number of phenolic OH excluding ortho intramolecular Hbond substituents is 1. The molecule has 0 heterocycles. The van der Waals surface area contributed by atoms with Crippen LogP contribution in [-0.2, 0) is 9.59 Å². The van der Waals surface area contributed by atoms with E-state index >= 15 is 0 Å². The van der Waals surface area contributed by atoms with Gasteiger partial charge in [-0.3, -0.25) is 9.59 Å². The number of benzene rings is 1. The Labute approximate surface area is 176 Å². The second-order valence-corrected chi connectivity index (χ2v) is 9.19. The first-order valence-electron chi connectivity index (χ1n) is 7.79. The number of phenols is 1. The summed E-state index contributed by atoms with van der Waals surface area (Å²) in [7, 11) is 1.46. The largest absolute Gasteiger partial charge is 0.503 e. The standard InChI is InChI=1S/C19H15Br3O4/c1-3-9-4-5-11-17(24)13(21)8-15(23)19(11,22)16(9)10-6-12(20)18(25)14(7-10)26-2/h3-4,6-8,11,16,25H,1,5H2,2H3/t11-,16+,19+/m0/s1. The van der Waals surface area contributed by atoms with Crippen LogP contribution in [0, 0.1) is 5.92 Å². The summed E-state index contributed by atoms with van der Waals surface area (Å²) >= 11 is 10.2. The summed E-state index contributed by atoms with van der Waals surface area (Å²) in [5, 5.41) is 10.1. The predicted molar refractivity (Wildman–Crippen MR) is 110 cm³/mol. The van der Waals surface area contributed by atoms with Gasteiger partial charge in [-0.15, -0.1) is 0 Å². The van der Waals surface area contributed by atoms with E-state index in [-0.39, 0.29) is 23.1 Å². The van der Waals surface area contributed by atoms with Crippen LogP contribution in [0.15, 0.2) is 51.5 Å². The number of fused-ring (bicyclic) bond motifs is 1. The first-order valence-corrected chi connectivity index (χ1v) is 10.2. The van der Waals surface area contributed by atoms with Crippen molar-refractivity contribution in [2.24, 2.45) is 5.92 Å². The molecular weight excluding hydrogens is 532 g/mol. The molecule has 2 aliphatic carbocycles. The number of carbonyl (C=O) groups excluding carboxylic acids is 2. The minimum absolute atomic E-state index is 0.0231. The average Bonchev–Trinajstić information content (AvgIpc) is 2.61. The molecule has 0 aromatic heterocycles. The number of Topliss-reactive ketones (excluding diaryl/α,β-unsaturated/α-hetero) is 1. The molecule has 1 aromatic rings. The summed E-state index contributed by atoms with van der Waals surface area (Å²) in [6.45, 7) is 3.87. The summed E-state index contributed by atoms with van der Waals surface area (Å²) in [5.41, 5.74) is 1.57. The molecule has 0 saturated heterocycles. The molecule has 26 heavy (non-hydrogen) atoms. The van der Waals surface area contributed by atoms with Crippen molar-refractivity contribution >= 4 is 59.4 Å². The Morgan fingerprint density at radius 3 is 2.65 bits per heavy atom. The van der Waals surface area contributed by atoms with Gasteiger partial charge in [-0.2, -0.15) is 0 Å². The Bertz CT molecular complexity index is 887. The van der Waals surface area contributed by atoms with Gasteiger partial charge in [0.25, 0.3) is 0 Å². The maximum atomic E-state index is 13.0. The van der Waals surface area contributed by atoms with E-state index in [1.165, 1.54) is 13.2 Å². The number of hydrogen-bond acceptors (Lipinski definition) is 4. The van der Waals surface area contributed by atoms with E-state index in [4.69, 9.17) is 4.74 Å². The van der Waals surface area contributed by atoms with E-state index in [0.717, 1.165) is 11.1 Å². The monoisotopic (exact) mass is 544 g/mol. The fraction of sp³-hybridized carbons (Fsp3) is 0.263. The number of aromatic hydroxyl groups is 1. The van der Waals surface area contributed by atoms with Crippen molar-refractivity contribution in [3.8, 4) is 11.5 Å². The zero-order chi connectivity index (χ0) is 19.2. The highest BCUT2D eigenvalue weighted by Crippen LogP contribution is 2.55. The minimum Gasteiger partial charge on any atom is -0.503 e. The molecule has 3 rings (SSSR count). The zero-order valence-corrected chi connectivity index (χ0v) is 18.5. The fourth-order valence-corrected chi connectivity index (χ4v) is 5.60. The lowest BCUT2D eigenvalue weighted by molar-refractivity contribution is -0.127. The lowest BCUT2D eigenvalue weighted by atomic mass is 9.64. The molecular formula is C19H15Br3O4. The molecule has 0 amide bonds. The van der Waals surface area contributed by atoms with Gasteiger partial charge in [-0.1, -0.05) is 34.7 Å². The maximum Gasteiger partial charge on any atom is 0.175 e. The van der Waals surface area contributed by atoms with E-state index in [0.29, 0.717) is 15.4 Å². The van der Waals surface area contributed by atoms with Crippen LogP contribution >= 0.6 is 47.8 Å². The molecule has 7 heteroatoms. The number of allylic oxidation sites excluding steroid dienone is 5. The first-order chi connectivity index (χ1) is 12.2. The molecule has 0 radical (unpaired) electrons. The highest BCUT2D eigenvalue weighted by Gasteiger charge is 2.56. The minimum atomic E-state index is -1.12. The van der Waals surface area contributed by atoms with Crippen LogP contribution in [0.3, 0.4) is 0 Å². The van der Waals surface area contributed by atoms with Crippen LogP contribution < -0.4 is 4.74 Å². The topological polar surface area (TPSA) is 63.6 Å². The van der Waals surface area contributed by atoms with Gasteiger partial charge >= 0.3 is 0 Å². The summed E-state index contributed by atoms with van der Waals surface area (Å²) in [6.07, 6.45) is 5.40. The number of carbonyl (C=O) groups is 2. The van der Waals surface area contributed by atoms with Crippen molar-refractivity contribution in [2.45, 2.75) is 16.7 Å². The molecule has 0 unspecified atom stereocenters.